The second-order valence-electron chi connectivity index (χ2n) is 13.4. The van der Waals surface area contributed by atoms with Crippen LogP contribution >= 0.6 is 0 Å². The Morgan fingerprint density at radius 3 is 2.55 bits per heavy atom. The van der Waals surface area contributed by atoms with Crippen LogP contribution in [0, 0.1) is 11.8 Å². The molecule has 7 heteroatoms. The predicted molar refractivity (Wildman–Crippen MR) is 180 cm³/mol. The number of nitrogens with zero attached hydrogens (tertiary/aromatic N) is 3. The van der Waals surface area contributed by atoms with Crippen LogP contribution < -0.4 is 9.64 Å². The highest BCUT2D eigenvalue weighted by molar-refractivity contribution is 5.99. The van der Waals surface area contributed by atoms with E-state index >= 15 is 0 Å². The predicted octanol–water partition coefficient (Wildman–Crippen LogP) is 7.90. The summed E-state index contributed by atoms with van der Waals surface area (Å²) >= 11 is 0. The minimum Gasteiger partial charge on any atom is -0.493 e. The van der Waals surface area contributed by atoms with Gasteiger partial charge in [-0.15, -0.1) is 0 Å². The molecule has 1 N–H and O–H groups in total. The van der Waals surface area contributed by atoms with E-state index in [9.17, 15) is 9.90 Å². The Labute approximate surface area is 264 Å². The standard InChI is InChI=1S/C36H49N3O4.CH4/c1-25(2)23-43-29-12-14-31-32(21-29)38(17-16-37-15-7-8-26(22-37)24-42-3)18-19-39-33-20-28(36(40)41)11-13-30(33)34(35(31)39)27-9-5-4-6-10-27;/h11-14,20-21,25-27H,4-10,15-19,22-24H2,1-3H3,(H,40,41);1H4. The number of hydrogen-bond donors (Lipinski definition) is 1. The minimum absolute atomic E-state index is 0. The van der Waals surface area contributed by atoms with Crippen LogP contribution in [0.4, 0.5) is 5.69 Å². The summed E-state index contributed by atoms with van der Waals surface area (Å²) in [4.78, 5) is 17.2. The van der Waals surface area contributed by atoms with Gasteiger partial charge in [-0.2, -0.15) is 0 Å². The number of carboxylic acids is 1. The number of ether oxygens (including phenoxy) is 2. The number of rotatable bonds is 10. The smallest absolute Gasteiger partial charge is 0.335 e. The number of carbonyl (C=O) groups is 1. The second-order valence-corrected chi connectivity index (χ2v) is 13.4. The molecule has 1 atom stereocenters. The first-order valence-corrected chi connectivity index (χ1v) is 16.6. The Hall–Kier alpha value is -3.03. The van der Waals surface area contributed by atoms with Gasteiger partial charge in [-0.05, 0) is 79.8 Å². The van der Waals surface area contributed by atoms with Crippen LogP contribution in [0.5, 0.6) is 5.75 Å². The monoisotopic (exact) mass is 603 g/mol. The maximum atomic E-state index is 12.0. The fraction of sp³-hybridized carbons (Fsp3) is 0.595. The number of aromatic nitrogens is 1. The van der Waals surface area contributed by atoms with E-state index in [-0.39, 0.29) is 7.43 Å². The van der Waals surface area contributed by atoms with Gasteiger partial charge in [0.1, 0.15) is 5.75 Å². The van der Waals surface area contributed by atoms with Gasteiger partial charge < -0.3 is 28.9 Å². The molecule has 0 spiro atoms. The zero-order valence-electron chi connectivity index (χ0n) is 26.3. The molecule has 1 unspecified atom stereocenters. The van der Waals surface area contributed by atoms with E-state index < -0.39 is 5.97 Å². The van der Waals surface area contributed by atoms with Crippen molar-refractivity contribution in [1.82, 2.24) is 9.47 Å². The lowest BCUT2D eigenvalue weighted by Crippen LogP contribution is -2.42. The van der Waals surface area contributed by atoms with Crippen LogP contribution in [0.3, 0.4) is 0 Å². The van der Waals surface area contributed by atoms with Crippen LogP contribution in [-0.4, -0.2) is 73.6 Å². The van der Waals surface area contributed by atoms with Crippen LogP contribution in [0.1, 0.15) is 88.1 Å². The van der Waals surface area contributed by atoms with Gasteiger partial charge >= 0.3 is 5.97 Å². The van der Waals surface area contributed by atoms with Crippen molar-refractivity contribution >= 4 is 22.6 Å². The number of anilines is 1. The Bertz CT molecular complexity index is 1420. The van der Waals surface area contributed by atoms with Gasteiger partial charge in [-0.1, -0.05) is 46.6 Å². The van der Waals surface area contributed by atoms with Gasteiger partial charge in [0, 0.05) is 68.1 Å². The van der Waals surface area contributed by atoms with Crippen LogP contribution in [-0.2, 0) is 11.3 Å². The molecule has 1 saturated carbocycles. The van der Waals surface area contributed by atoms with Crippen LogP contribution in [0.25, 0.3) is 22.2 Å². The third-order valence-electron chi connectivity index (χ3n) is 9.80. The van der Waals surface area contributed by atoms with E-state index in [0.29, 0.717) is 29.9 Å². The summed E-state index contributed by atoms with van der Waals surface area (Å²) in [7, 11) is 1.81. The summed E-state index contributed by atoms with van der Waals surface area (Å²) < 4.78 is 14.2. The maximum absolute atomic E-state index is 12.0. The van der Waals surface area contributed by atoms with Crippen molar-refractivity contribution in [2.24, 2.45) is 11.8 Å². The molecule has 7 nitrogen and oxygen atoms in total. The van der Waals surface area contributed by atoms with Crippen molar-refractivity contribution in [1.29, 1.82) is 0 Å². The molecular weight excluding hydrogens is 550 g/mol. The second kappa shape index (κ2) is 14.4. The maximum Gasteiger partial charge on any atom is 0.335 e. The summed E-state index contributed by atoms with van der Waals surface area (Å²) in [6.07, 6.45) is 8.67. The van der Waals surface area contributed by atoms with E-state index in [0.717, 1.165) is 57.1 Å². The average molecular weight is 604 g/mol. The molecule has 3 aliphatic rings. The van der Waals surface area contributed by atoms with Gasteiger partial charge in [-0.3, -0.25) is 0 Å². The van der Waals surface area contributed by atoms with Crippen LogP contribution in [0.15, 0.2) is 36.4 Å². The summed E-state index contributed by atoms with van der Waals surface area (Å²) in [5.41, 5.74) is 6.61. The lowest BCUT2D eigenvalue weighted by molar-refractivity contribution is 0.0697. The fourth-order valence-corrected chi connectivity index (χ4v) is 7.72. The number of fused-ring (bicyclic) bond motifs is 5. The van der Waals surface area contributed by atoms with Crippen molar-refractivity contribution in [3.63, 3.8) is 0 Å². The molecule has 2 fully saturated rings. The third kappa shape index (κ3) is 6.79. The summed E-state index contributed by atoms with van der Waals surface area (Å²) in [5, 5.41) is 11.1. The lowest BCUT2D eigenvalue weighted by Gasteiger charge is -2.34. The van der Waals surface area contributed by atoms with Crippen molar-refractivity contribution in [3.8, 4) is 17.0 Å². The van der Waals surface area contributed by atoms with Gasteiger partial charge in [-0.25, -0.2) is 4.79 Å². The lowest BCUT2D eigenvalue weighted by atomic mass is 9.81. The zero-order valence-corrected chi connectivity index (χ0v) is 26.3. The molecule has 1 aliphatic carbocycles. The molecule has 6 rings (SSSR count). The first kappa shape index (κ1) is 32.4. The summed E-state index contributed by atoms with van der Waals surface area (Å²) in [6, 6.07) is 12.5. The number of hydrogen-bond acceptors (Lipinski definition) is 5. The van der Waals surface area contributed by atoms with Crippen molar-refractivity contribution in [3.05, 3.63) is 47.5 Å². The Morgan fingerprint density at radius 2 is 1.80 bits per heavy atom. The molecule has 1 aromatic heterocycles. The number of methoxy groups -OCH3 is 1. The largest absolute Gasteiger partial charge is 0.493 e. The molecule has 0 radical (unpaired) electrons. The Morgan fingerprint density at radius 1 is 0.977 bits per heavy atom. The Balaban J connectivity index is 0.00000384. The molecule has 44 heavy (non-hydrogen) atoms. The van der Waals surface area contributed by atoms with Crippen molar-refractivity contribution < 1.29 is 19.4 Å². The normalized spacial score (nSPS) is 19.4. The van der Waals surface area contributed by atoms with Crippen molar-refractivity contribution in [2.45, 2.75) is 78.7 Å². The molecule has 240 valence electrons. The number of carboxylic acid groups (broad SMARTS) is 1. The number of likely N-dealkylation sites (tertiary alicyclic amines) is 1. The highest BCUT2D eigenvalue weighted by atomic mass is 16.5. The Kier molecular flexibility index (Phi) is 10.6. The third-order valence-corrected chi connectivity index (χ3v) is 9.80. The molecule has 2 aliphatic heterocycles. The van der Waals surface area contributed by atoms with Crippen molar-refractivity contribution in [2.75, 3.05) is 57.9 Å². The highest BCUT2D eigenvalue weighted by Gasteiger charge is 2.31. The summed E-state index contributed by atoms with van der Waals surface area (Å²) in [6.45, 7) is 11.8. The molecular formula is C37H53N3O4. The van der Waals surface area contributed by atoms with Gasteiger partial charge in [0.2, 0.25) is 0 Å². The SMILES string of the molecule is C.COCC1CCCN(CCN2CCn3c(c(C4CCCCC4)c4ccc(C(=O)O)cc43)-c3ccc(OCC(C)C)cc32)C1. The first-order chi connectivity index (χ1) is 20.9. The molecule has 3 heterocycles. The fourth-order valence-electron chi connectivity index (χ4n) is 7.72. The zero-order chi connectivity index (χ0) is 29.9. The number of benzene rings is 2. The summed E-state index contributed by atoms with van der Waals surface area (Å²) in [5.74, 6) is 1.61. The molecule has 0 amide bonds. The molecule has 3 aromatic rings. The topological polar surface area (TPSA) is 67.2 Å². The van der Waals surface area contributed by atoms with Gasteiger partial charge in [0.05, 0.1) is 24.5 Å². The van der Waals surface area contributed by atoms with E-state index in [1.807, 2.05) is 13.2 Å². The molecule has 0 bridgehead atoms. The van der Waals surface area contributed by atoms with Gasteiger partial charge in [0.25, 0.3) is 0 Å². The van der Waals surface area contributed by atoms with E-state index in [4.69, 9.17) is 9.47 Å². The number of aromatic carboxylic acids is 1. The minimum atomic E-state index is -0.868. The quantitative estimate of drug-likeness (QED) is 0.254. The van der Waals surface area contributed by atoms with E-state index in [1.165, 1.54) is 72.8 Å². The van der Waals surface area contributed by atoms with Crippen LogP contribution in [0.2, 0.25) is 0 Å². The van der Waals surface area contributed by atoms with E-state index in [1.54, 1.807) is 6.07 Å². The highest BCUT2D eigenvalue weighted by Crippen LogP contribution is 2.48. The molecule has 2 aromatic carbocycles. The van der Waals surface area contributed by atoms with Gasteiger partial charge in [0.15, 0.2) is 0 Å². The first-order valence-electron chi connectivity index (χ1n) is 16.6. The molecule has 1 saturated heterocycles. The number of piperidine rings is 1. The average Bonchev–Trinajstić information content (AvgIpc) is 3.25. The van der Waals surface area contributed by atoms with E-state index in [2.05, 4.69) is 52.5 Å².